The number of hydrogen-bond donors (Lipinski definition) is 2. The number of methoxy groups -OCH3 is 1. The van der Waals surface area contributed by atoms with Crippen LogP contribution in [0, 0.1) is 6.92 Å². The zero-order chi connectivity index (χ0) is 22.4. The number of carbonyl (C=O) groups is 1. The Kier molecular flexibility index (Phi) is 7.20. The van der Waals surface area contributed by atoms with Crippen molar-refractivity contribution in [3.63, 3.8) is 0 Å². The highest BCUT2D eigenvalue weighted by Crippen LogP contribution is 2.19. The number of aliphatic hydroxyl groups excluding tert-OH is 1. The van der Waals surface area contributed by atoms with Gasteiger partial charge in [-0.25, -0.2) is 4.98 Å². The van der Waals surface area contributed by atoms with Crippen molar-refractivity contribution in [2.75, 3.05) is 13.7 Å². The van der Waals surface area contributed by atoms with Crippen molar-refractivity contribution in [2.24, 2.45) is 0 Å². The van der Waals surface area contributed by atoms with Gasteiger partial charge in [-0.05, 0) is 31.5 Å². The Morgan fingerprint density at radius 2 is 1.84 bits per heavy atom. The molecule has 0 unspecified atom stereocenters. The summed E-state index contributed by atoms with van der Waals surface area (Å²) in [6.07, 6.45) is 0.191. The van der Waals surface area contributed by atoms with E-state index in [9.17, 15) is 14.7 Å². The third-order valence-electron chi connectivity index (χ3n) is 5.16. The van der Waals surface area contributed by atoms with Gasteiger partial charge in [-0.15, -0.1) is 0 Å². The molecule has 3 rings (SSSR count). The number of rotatable bonds is 8. The summed E-state index contributed by atoms with van der Waals surface area (Å²) in [6.45, 7) is 3.29. The third kappa shape index (κ3) is 5.19. The topological polar surface area (TPSA) is 93.4 Å². The number of amides is 1. The van der Waals surface area contributed by atoms with Gasteiger partial charge in [0.25, 0.3) is 5.56 Å². The van der Waals surface area contributed by atoms with Crippen LogP contribution in [0.3, 0.4) is 0 Å². The first-order valence-electron chi connectivity index (χ1n) is 10.1. The number of hydrogen-bond acceptors (Lipinski definition) is 5. The van der Waals surface area contributed by atoms with Gasteiger partial charge in [0.05, 0.1) is 13.2 Å². The first-order valence-corrected chi connectivity index (χ1v) is 10.1. The van der Waals surface area contributed by atoms with Crippen molar-refractivity contribution in [3.8, 4) is 17.1 Å². The molecule has 3 aromatic rings. The van der Waals surface area contributed by atoms with Crippen LogP contribution < -0.4 is 15.6 Å². The van der Waals surface area contributed by atoms with E-state index in [0.29, 0.717) is 17.1 Å². The number of aryl methyl sites for hydroxylation is 1. The molecule has 2 N–H and O–H groups in total. The fourth-order valence-electron chi connectivity index (χ4n) is 3.46. The van der Waals surface area contributed by atoms with E-state index in [1.807, 2.05) is 61.5 Å². The third-order valence-corrected chi connectivity index (χ3v) is 5.16. The second-order valence-corrected chi connectivity index (χ2v) is 7.29. The number of nitrogens with zero attached hydrogens (tertiary/aromatic N) is 2. The average molecular weight is 421 g/mol. The van der Waals surface area contributed by atoms with E-state index in [2.05, 4.69) is 10.3 Å². The fourth-order valence-corrected chi connectivity index (χ4v) is 3.46. The number of aromatic nitrogens is 2. The summed E-state index contributed by atoms with van der Waals surface area (Å²) in [5.74, 6) is 0.865. The Morgan fingerprint density at radius 1 is 1.16 bits per heavy atom. The Bertz CT molecular complexity index is 1090. The highest BCUT2D eigenvalue weighted by atomic mass is 16.5. The first-order chi connectivity index (χ1) is 14.9. The van der Waals surface area contributed by atoms with Crippen molar-refractivity contribution >= 4 is 5.91 Å². The lowest BCUT2D eigenvalue weighted by molar-refractivity contribution is -0.122. The van der Waals surface area contributed by atoms with E-state index in [-0.39, 0.29) is 37.1 Å². The van der Waals surface area contributed by atoms with E-state index in [1.165, 1.54) is 4.57 Å². The maximum atomic E-state index is 13.2. The van der Waals surface area contributed by atoms with Gasteiger partial charge < -0.3 is 15.2 Å². The number of carbonyl (C=O) groups excluding carboxylic acids is 1. The lowest BCUT2D eigenvalue weighted by Crippen LogP contribution is -2.36. The molecule has 0 spiro atoms. The molecule has 0 saturated heterocycles. The van der Waals surface area contributed by atoms with Gasteiger partial charge in [0.15, 0.2) is 0 Å². The van der Waals surface area contributed by atoms with Crippen LogP contribution in [0.5, 0.6) is 5.75 Å². The van der Waals surface area contributed by atoms with Gasteiger partial charge >= 0.3 is 0 Å². The molecule has 0 aliphatic heterocycles. The van der Waals surface area contributed by atoms with Gasteiger partial charge in [-0.1, -0.05) is 42.5 Å². The normalized spacial score (nSPS) is 11.7. The summed E-state index contributed by atoms with van der Waals surface area (Å²) in [5, 5.41) is 12.3. The Labute approximate surface area is 181 Å². The first kappa shape index (κ1) is 22.2. The zero-order valence-corrected chi connectivity index (χ0v) is 18.0. The maximum Gasteiger partial charge on any atom is 0.257 e. The molecule has 162 valence electrons. The van der Waals surface area contributed by atoms with E-state index < -0.39 is 0 Å². The molecule has 7 nitrogen and oxygen atoms in total. The molecular weight excluding hydrogens is 394 g/mol. The molecule has 1 aromatic heterocycles. The van der Waals surface area contributed by atoms with E-state index in [4.69, 9.17) is 4.74 Å². The zero-order valence-electron chi connectivity index (χ0n) is 18.0. The summed E-state index contributed by atoms with van der Waals surface area (Å²) < 4.78 is 6.55. The van der Waals surface area contributed by atoms with Gasteiger partial charge in [-0.3, -0.25) is 14.2 Å². The van der Waals surface area contributed by atoms with Gasteiger partial charge in [-0.2, -0.15) is 0 Å². The van der Waals surface area contributed by atoms with Crippen molar-refractivity contribution in [1.29, 1.82) is 0 Å². The van der Waals surface area contributed by atoms with Crippen LogP contribution in [0.15, 0.2) is 59.4 Å². The molecule has 1 heterocycles. The molecule has 1 atom stereocenters. The molecular formula is C24H27N3O4. The van der Waals surface area contributed by atoms with E-state index in [1.54, 1.807) is 14.0 Å². The summed E-state index contributed by atoms with van der Waals surface area (Å²) in [4.78, 5) is 30.6. The lowest BCUT2D eigenvalue weighted by Gasteiger charge is -2.18. The van der Waals surface area contributed by atoms with Crippen LogP contribution in [0.4, 0.5) is 0 Å². The molecule has 2 aromatic carbocycles. The van der Waals surface area contributed by atoms with Crippen LogP contribution >= 0.6 is 0 Å². The van der Waals surface area contributed by atoms with Crippen molar-refractivity contribution in [1.82, 2.24) is 14.9 Å². The standard InChI is InChI=1S/C24H27N3O4/c1-16(18-9-11-20(31-3)12-10-18)25-22(29)15-27-23(19-7-5-4-6-8-19)26-17(2)21(13-14-28)24(27)30/h4-12,16,28H,13-15H2,1-3H3,(H,25,29)/t16-/m1/s1. The van der Waals surface area contributed by atoms with E-state index in [0.717, 1.165) is 16.9 Å². The summed E-state index contributed by atoms with van der Waals surface area (Å²) >= 11 is 0. The smallest absolute Gasteiger partial charge is 0.257 e. The highest BCUT2D eigenvalue weighted by molar-refractivity contribution is 5.77. The summed E-state index contributed by atoms with van der Waals surface area (Å²) in [6, 6.07) is 16.5. The Balaban J connectivity index is 1.90. The van der Waals surface area contributed by atoms with Crippen molar-refractivity contribution in [2.45, 2.75) is 32.9 Å². The molecule has 0 aliphatic carbocycles. The molecule has 31 heavy (non-hydrogen) atoms. The predicted molar refractivity (Wildman–Crippen MR) is 119 cm³/mol. The summed E-state index contributed by atoms with van der Waals surface area (Å²) in [7, 11) is 1.60. The minimum absolute atomic E-state index is 0.164. The minimum Gasteiger partial charge on any atom is -0.497 e. The minimum atomic E-state index is -0.312. The Hall–Kier alpha value is -3.45. The molecule has 0 bridgehead atoms. The molecule has 0 saturated carbocycles. The number of aliphatic hydroxyl groups is 1. The van der Waals surface area contributed by atoms with Crippen LogP contribution in [-0.4, -0.2) is 34.3 Å². The highest BCUT2D eigenvalue weighted by Gasteiger charge is 2.18. The molecule has 7 heteroatoms. The van der Waals surface area contributed by atoms with Crippen LogP contribution in [-0.2, 0) is 17.8 Å². The second kappa shape index (κ2) is 10.0. The van der Waals surface area contributed by atoms with Crippen LogP contribution in [0.25, 0.3) is 11.4 Å². The molecule has 0 radical (unpaired) electrons. The van der Waals surface area contributed by atoms with Crippen LogP contribution in [0.1, 0.15) is 29.8 Å². The maximum absolute atomic E-state index is 13.2. The molecule has 1 amide bonds. The second-order valence-electron chi connectivity index (χ2n) is 7.29. The number of ether oxygens (including phenoxy) is 1. The SMILES string of the molecule is COc1ccc([C@@H](C)NC(=O)Cn2c(-c3ccccc3)nc(C)c(CCO)c2=O)cc1. The van der Waals surface area contributed by atoms with Crippen LogP contribution in [0.2, 0.25) is 0 Å². The Morgan fingerprint density at radius 3 is 2.45 bits per heavy atom. The van der Waals surface area contributed by atoms with Gasteiger partial charge in [0.2, 0.25) is 5.91 Å². The quantitative estimate of drug-likeness (QED) is 0.583. The summed E-state index contributed by atoms with van der Waals surface area (Å²) in [5.41, 5.74) is 2.33. The van der Waals surface area contributed by atoms with E-state index >= 15 is 0 Å². The fraction of sp³-hybridized carbons (Fsp3) is 0.292. The average Bonchev–Trinajstić information content (AvgIpc) is 2.79. The van der Waals surface area contributed by atoms with Gasteiger partial charge in [0.1, 0.15) is 18.1 Å². The number of benzene rings is 2. The van der Waals surface area contributed by atoms with Crippen molar-refractivity contribution < 1.29 is 14.6 Å². The van der Waals surface area contributed by atoms with Crippen molar-refractivity contribution in [3.05, 3.63) is 81.8 Å². The lowest BCUT2D eigenvalue weighted by atomic mass is 10.1. The molecule has 0 fully saturated rings. The largest absolute Gasteiger partial charge is 0.497 e. The molecule has 0 aliphatic rings. The van der Waals surface area contributed by atoms with Gasteiger partial charge in [0, 0.05) is 29.8 Å². The number of nitrogens with one attached hydrogen (secondary N) is 1. The monoisotopic (exact) mass is 421 g/mol. The predicted octanol–water partition coefficient (Wildman–Crippen LogP) is 2.64.